The number of nitrogens with zero attached hydrogens (tertiary/aromatic N) is 1. The molecule has 0 aromatic carbocycles. The summed E-state index contributed by atoms with van der Waals surface area (Å²) in [7, 11) is 0. The molecule has 5 heteroatoms. The molecule has 0 aliphatic carbocycles. The van der Waals surface area contributed by atoms with Gasteiger partial charge in [-0.15, -0.1) is 10.1 Å². The summed E-state index contributed by atoms with van der Waals surface area (Å²) in [4.78, 5) is 13.9. The number of unbranched alkanes of at least 4 members (excludes halogenated alkanes) is 5. The van der Waals surface area contributed by atoms with E-state index in [0.717, 1.165) is 19.3 Å². The fourth-order valence-electron chi connectivity index (χ4n) is 1.02. The molecule has 0 aliphatic rings. The maximum Gasteiger partial charge on any atom is 0.294 e. The average molecular weight is 192 g/mol. The molecule has 3 N–H and O–H groups in total. The largest absolute Gasteiger partial charge is 0.344 e. The number of hydrogen-bond acceptors (Lipinski definition) is 4. The van der Waals surface area contributed by atoms with E-state index >= 15 is 0 Å². The van der Waals surface area contributed by atoms with Gasteiger partial charge in [-0.3, -0.25) is 0 Å². The van der Waals surface area contributed by atoms with E-state index in [2.05, 4.69) is 11.8 Å². The van der Waals surface area contributed by atoms with Gasteiger partial charge in [-0.05, 0) is 6.42 Å². The molecule has 0 radical (unpaired) electrons. The molecule has 0 heterocycles. The van der Waals surface area contributed by atoms with Gasteiger partial charge in [0.15, 0.2) is 0 Å². The minimum atomic E-state index is -0.730. The van der Waals surface area contributed by atoms with Crippen LogP contribution in [0.2, 0.25) is 0 Å². The lowest BCUT2D eigenvalue weighted by Gasteiger charge is -1.99. The van der Waals surface area contributed by atoms with Crippen LogP contribution in [0.25, 0.3) is 0 Å². The van der Waals surface area contributed by atoms with Crippen LogP contribution in [0.15, 0.2) is 0 Å². The quantitative estimate of drug-likeness (QED) is 0.364. The van der Waals surface area contributed by atoms with Crippen LogP contribution >= 0.6 is 0 Å². The molecule has 0 bridgehead atoms. The van der Waals surface area contributed by atoms with Gasteiger partial charge in [0.1, 0.15) is 0 Å². The zero-order valence-electron chi connectivity index (χ0n) is 8.33. The molecule has 0 aliphatic heterocycles. The summed E-state index contributed by atoms with van der Waals surface area (Å²) in [6.45, 7) is 2.41. The number of hydrogen-bond donors (Lipinski definition) is 1. The first-order valence-electron chi connectivity index (χ1n) is 4.54. The van der Waals surface area contributed by atoms with Crippen LogP contribution in [0.5, 0.6) is 0 Å². The topological polar surface area (TPSA) is 87.4 Å². The summed E-state index contributed by atoms with van der Waals surface area (Å²) >= 11 is 0. The molecule has 5 nitrogen and oxygen atoms in total. The van der Waals surface area contributed by atoms with E-state index in [-0.39, 0.29) is 12.8 Å². The van der Waals surface area contributed by atoms with Crippen LogP contribution in [-0.4, -0.2) is 11.7 Å². The highest BCUT2D eigenvalue weighted by atomic mass is 16.9. The summed E-state index contributed by atoms with van der Waals surface area (Å²) in [5.74, 6) is 0. The zero-order valence-corrected chi connectivity index (χ0v) is 8.33. The second-order valence-electron chi connectivity index (χ2n) is 2.82. The standard InChI is InChI=1S/C8H17NO3.H3N/c1-2-3-4-5-6-7-8-12-9(10)11;/h2-8H2,1H3;1H3. The Balaban J connectivity index is 0. The van der Waals surface area contributed by atoms with E-state index < -0.39 is 5.09 Å². The Hall–Kier alpha value is -0.840. The minimum absolute atomic E-state index is 0. The van der Waals surface area contributed by atoms with Gasteiger partial charge in [0.25, 0.3) is 5.09 Å². The van der Waals surface area contributed by atoms with Crippen LogP contribution in [0.4, 0.5) is 0 Å². The highest BCUT2D eigenvalue weighted by Gasteiger charge is 1.93. The first-order chi connectivity index (χ1) is 5.77. The fraction of sp³-hybridized carbons (Fsp3) is 1.00. The van der Waals surface area contributed by atoms with Crippen molar-refractivity contribution in [2.75, 3.05) is 6.61 Å². The average Bonchev–Trinajstić information content (AvgIpc) is 2.02. The molecule has 80 valence electrons. The van der Waals surface area contributed by atoms with Crippen molar-refractivity contribution in [3.8, 4) is 0 Å². The van der Waals surface area contributed by atoms with E-state index in [1.54, 1.807) is 0 Å². The highest BCUT2D eigenvalue weighted by Crippen LogP contribution is 2.04. The van der Waals surface area contributed by atoms with Crippen molar-refractivity contribution in [3.63, 3.8) is 0 Å². The molecule has 0 unspecified atom stereocenters. The molecule has 0 spiro atoms. The second-order valence-corrected chi connectivity index (χ2v) is 2.82. The molecule has 0 aromatic heterocycles. The van der Waals surface area contributed by atoms with Crippen molar-refractivity contribution in [2.24, 2.45) is 0 Å². The monoisotopic (exact) mass is 192 g/mol. The van der Waals surface area contributed by atoms with Gasteiger partial charge >= 0.3 is 0 Å². The summed E-state index contributed by atoms with van der Waals surface area (Å²) in [5, 5.41) is 8.99. The van der Waals surface area contributed by atoms with Crippen LogP contribution in [-0.2, 0) is 4.84 Å². The highest BCUT2D eigenvalue weighted by molar-refractivity contribution is 4.42. The molecule has 0 fully saturated rings. The molecule has 13 heavy (non-hydrogen) atoms. The smallest absolute Gasteiger partial charge is 0.294 e. The third-order valence-corrected chi connectivity index (χ3v) is 1.69. The minimum Gasteiger partial charge on any atom is -0.344 e. The maximum absolute atomic E-state index is 9.72. The second kappa shape index (κ2) is 11.2. The van der Waals surface area contributed by atoms with Crippen molar-refractivity contribution >= 4 is 0 Å². The van der Waals surface area contributed by atoms with Gasteiger partial charge in [0.05, 0.1) is 6.61 Å². The van der Waals surface area contributed by atoms with Gasteiger partial charge in [-0.25, -0.2) is 0 Å². The third-order valence-electron chi connectivity index (χ3n) is 1.69. The first kappa shape index (κ1) is 14.7. The van der Waals surface area contributed by atoms with E-state index in [1.807, 2.05) is 0 Å². The van der Waals surface area contributed by atoms with E-state index in [4.69, 9.17) is 0 Å². The van der Waals surface area contributed by atoms with Crippen molar-refractivity contribution in [3.05, 3.63) is 10.1 Å². The summed E-state index contributed by atoms with van der Waals surface area (Å²) in [5.41, 5.74) is 0. The lowest BCUT2D eigenvalue weighted by atomic mass is 10.1. The Morgan fingerprint density at radius 3 is 2.23 bits per heavy atom. The van der Waals surface area contributed by atoms with Crippen molar-refractivity contribution in [1.82, 2.24) is 6.15 Å². The van der Waals surface area contributed by atoms with Crippen LogP contribution in [0.1, 0.15) is 45.4 Å². The maximum atomic E-state index is 9.72. The zero-order chi connectivity index (χ0) is 9.23. The molecule has 0 atom stereocenters. The first-order valence-corrected chi connectivity index (χ1v) is 4.54. The predicted octanol–water partition coefficient (Wildman–Crippen LogP) is 2.72. The Kier molecular flexibility index (Phi) is 12.6. The predicted molar refractivity (Wildman–Crippen MR) is 51.3 cm³/mol. The summed E-state index contributed by atoms with van der Waals surface area (Å²) < 4.78 is 0. The van der Waals surface area contributed by atoms with Gasteiger partial charge in [0.2, 0.25) is 0 Å². The molecule has 0 aromatic rings. The van der Waals surface area contributed by atoms with E-state index in [1.165, 1.54) is 19.3 Å². The summed E-state index contributed by atoms with van der Waals surface area (Å²) in [6, 6.07) is 0. The Morgan fingerprint density at radius 1 is 1.15 bits per heavy atom. The summed E-state index contributed by atoms with van der Waals surface area (Å²) in [6.07, 6.45) is 6.71. The lowest BCUT2D eigenvalue weighted by molar-refractivity contribution is -0.757. The molecule has 0 saturated heterocycles. The molecule has 0 amide bonds. The van der Waals surface area contributed by atoms with Crippen LogP contribution < -0.4 is 6.15 Å². The van der Waals surface area contributed by atoms with Crippen LogP contribution in [0.3, 0.4) is 0 Å². The normalized spacial score (nSPS) is 9.00. The Morgan fingerprint density at radius 2 is 1.69 bits per heavy atom. The lowest BCUT2D eigenvalue weighted by Crippen LogP contribution is -2.01. The molecular formula is C8H20N2O3. The van der Waals surface area contributed by atoms with Crippen molar-refractivity contribution < 1.29 is 9.92 Å². The van der Waals surface area contributed by atoms with E-state index in [9.17, 15) is 10.1 Å². The molecule has 0 saturated carbocycles. The van der Waals surface area contributed by atoms with Crippen molar-refractivity contribution in [2.45, 2.75) is 45.4 Å². The van der Waals surface area contributed by atoms with Crippen LogP contribution in [0, 0.1) is 10.1 Å². The van der Waals surface area contributed by atoms with Gasteiger partial charge in [-0.2, -0.15) is 0 Å². The van der Waals surface area contributed by atoms with E-state index in [0.29, 0.717) is 0 Å². The van der Waals surface area contributed by atoms with Gasteiger partial charge in [-0.1, -0.05) is 39.0 Å². The number of rotatable bonds is 8. The van der Waals surface area contributed by atoms with Gasteiger partial charge < -0.3 is 11.0 Å². The Labute approximate surface area is 79.2 Å². The molecule has 0 rings (SSSR count). The molecular weight excluding hydrogens is 172 g/mol. The van der Waals surface area contributed by atoms with Crippen molar-refractivity contribution in [1.29, 1.82) is 0 Å². The third kappa shape index (κ3) is 14.1. The van der Waals surface area contributed by atoms with Gasteiger partial charge in [0, 0.05) is 0 Å². The Bertz CT molecular complexity index is 120. The SMILES string of the molecule is CCCCCCCCO[N+](=O)[O-].N. The fourth-order valence-corrected chi connectivity index (χ4v) is 1.02.